The van der Waals surface area contributed by atoms with Crippen molar-refractivity contribution < 1.29 is 5.11 Å². The first-order chi connectivity index (χ1) is 14.1. The van der Waals surface area contributed by atoms with Gasteiger partial charge in [-0.05, 0) is 67.9 Å². The molecule has 1 aliphatic rings. The highest BCUT2D eigenvalue weighted by Gasteiger charge is 2.34. The van der Waals surface area contributed by atoms with E-state index >= 15 is 0 Å². The van der Waals surface area contributed by atoms with Crippen LogP contribution in [0.3, 0.4) is 0 Å². The van der Waals surface area contributed by atoms with Crippen LogP contribution in [0.1, 0.15) is 36.4 Å². The number of aliphatic hydroxyl groups is 1. The van der Waals surface area contributed by atoms with Crippen LogP contribution in [0.25, 0.3) is 21.9 Å². The molecule has 0 spiro atoms. The van der Waals surface area contributed by atoms with Crippen molar-refractivity contribution in [1.82, 2.24) is 19.5 Å². The first kappa shape index (κ1) is 18.1. The second-order valence-electron chi connectivity index (χ2n) is 8.27. The molecule has 3 aromatic heterocycles. The molecule has 1 saturated carbocycles. The third kappa shape index (κ3) is 3.34. The van der Waals surface area contributed by atoms with E-state index in [1.54, 1.807) is 0 Å². The minimum absolute atomic E-state index is 0.0352. The van der Waals surface area contributed by atoms with Crippen molar-refractivity contribution in [2.45, 2.75) is 44.8 Å². The lowest BCUT2D eigenvalue weighted by molar-refractivity contribution is 0.136. The van der Waals surface area contributed by atoms with E-state index < -0.39 is 0 Å². The number of nitrogen functional groups attached to an aromatic ring is 1. The SMILES string of the molecule is Cc1cnc2cc(CCC3CC(O)C(n4ccc5c(N)ncnc54)C3)ccc2c1. The average Bonchev–Trinajstić information content (AvgIpc) is 3.30. The molecule has 0 amide bonds. The highest BCUT2D eigenvalue weighted by molar-refractivity contribution is 5.86. The summed E-state index contributed by atoms with van der Waals surface area (Å²) < 4.78 is 2.07. The Hall–Kier alpha value is -2.99. The van der Waals surface area contributed by atoms with Gasteiger partial charge in [-0.3, -0.25) is 4.98 Å². The first-order valence-electron chi connectivity index (χ1n) is 10.2. The molecule has 3 unspecified atom stereocenters. The van der Waals surface area contributed by atoms with Crippen LogP contribution in [0.4, 0.5) is 5.82 Å². The van der Waals surface area contributed by atoms with Gasteiger partial charge in [0.2, 0.25) is 0 Å². The van der Waals surface area contributed by atoms with E-state index in [1.807, 2.05) is 18.5 Å². The molecule has 1 fully saturated rings. The quantitative estimate of drug-likeness (QED) is 0.556. The summed E-state index contributed by atoms with van der Waals surface area (Å²) in [4.78, 5) is 13.0. The Kier molecular flexibility index (Phi) is 4.43. The van der Waals surface area contributed by atoms with Gasteiger partial charge in [0.1, 0.15) is 17.8 Å². The molecule has 0 aliphatic heterocycles. The van der Waals surface area contributed by atoms with E-state index in [9.17, 15) is 5.11 Å². The van der Waals surface area contributed by atoms with Crippen LogP contribution in [0.5, 0.6) is 0 Å². The summed E-state index contributed by atoms with van der Waals surface area (Å²) in [7, 11) is 0. The van der Waals surface area contributed by atoms with Gasteiger partial charge in [-0.25, -0.2) is 9.97 Å². The summed E-state index contributed by atoms with van der Waals surface area (Å²) in [6, 6.07) is 10.7. The highest BCUT2D eigenvalue weighted by Crippen LogP contribution is 2.39. The highest BCUT2D eigenvalue weighted by atomic mass is 16.3. The second kappa shape index (κ2) is 7.12. The minimum atomic E-state index is -0.368. The Bertz CT molecular complexity index is 1180. The van der Waals surface area contributed by atoms with Crippen molar-refractivity contribution in [2.75, 3.05) is 5.73 Å². The molecule has 6 heteroatoms. The third-order valence-electron chi connectivity index (χ3n) is 6.22. The van der Waals surface area contributed by atoms with E-state index in [4.69, 9.17) is 5.73 Å². The lowest BCUT2D eigenvalue weighted by Crippen LogP contribution is -2.17. The van der Waals surface area contributed by atoms with Crippen molar-refractivity contribution in [1.29, 1.82) is 0 Å². The van der Waals surface area contributed by atoms with Gasteiger partial charge >= 0.3 is 0 Å². The Labute approximate surface area is 169 Å². The van der Waals surface area contributed by atoms with E-state index in [2.05, 4.69) is 50.7 Å². The smallest absolute Gasteiger partial charge is 0.145 e. The number of aryl methyl sites for hydroxylation is 2. The Morgan fingerprint density at radius 2 is 2.03 bits per heavy atom. The van der Waals surface area contributed by atoms with Gasteiger partial charge in [-0.1, -0.05) is 12.1 Å². The number of pyridine rings is 1. The number of benzene rings is 1. The molecule has 4 aromatic rings. The fourth-order valence-electron chi connectivity index (χ4n) is 4.69. The molecule has 29 heavy (non-hydrogen) atoms. The van der Waals surface area contributed by atoms with Crippen LogP contribution in [0.2, 0.25) is 0 Å². The van der Waals surface area contributed by atoms with Gasteiger partial charge in [-0.2, -0.15) is 0 Å². The maximum Gasteiger partial charge on any atom is 0.145 e. The van der Waals surface area contributed by atoms with Gasteiger partial charge in [0.15, 0.2) is 0 Å². The fraction of sp³-hybridized carbons (Fsp3) is 0.348. The van der Waals surface area contributed by atoms with Crippen molar-refractivity contribution in [3.63, 3.8) is 0 Å². The molecule has 0 radical (unpaired) electrons. The summed E-state index contributed by atoms with van der Waals surface area (Å²) in [6.45, 7) is 2.07. The third-order valence-corrected chi connectivity index (χ3v) is 6.22. The Morgan fingerprint density at radius 3 is 2.93 bits per heavy atom. The molecular formula is C23H25N5O. The van der Waals surface area contributed by atoms with Crippen LogP contribution in [-0.4, -0.2) is 30.7 Å². The number of hydrogen-bond acceptors (Lipinski definition) is 5. The van der Waals surface area contributed by atoms with Gasteiger partial charge in [0.05, 0.1) is 23.0 Å². The fourth-order valence-corrected chi connectivity index (χ4v) is 4.69. The van der Waals surface area contributed by atoms with Crippen molar-refractivity contribution >= 4 is 27.8 Å². The minimum Gasteiger partial charge on any atom is -0.391 e. The van der Waals surface area contributed by atoms with E-state index in [0.29, 0.717) is 11.7 Å². The number of aromatic nitrogens is 4. The molecule has 6 nitrogen and oxygen atoms in total. The maximum absolute atomic E-state index is 10.7. The maximum atomic E-state index is 10.7. The second-order valence-corrected chi connectivity index (χ2v) is 8.27. The predicted molar refractivity (Wildman–Crippen MR) is 115 cm³/mol. The zero-order chi connectivity index (χ0) is 20.0. The summed E-state index contributed by atoms with van der Waals surface area (Å²) >= 11 is 0. The van der Waals surface area contributed by atoms with E-state index in [1.165, 1.54) is 22.8 Å². The lowest BCUT2D eigenvalue weighted by Gasteiger charge is -2.17. The zero-order valence-corrected chi connectivity index (χ0v) is 16.5. The van der Waals surface area contributed by atoms with Gasteiger partial charge < -0.3 is 15.4 Å². The molecule has 0 bridgehead atoms. The van der Waals surface area contributed by atoms with Crippen LogP contribution in [-0.2, 0) is 6.42 Å². The van der Waals surface area contributed by atoms with Gasteiger partial charge in [0.25, 0.3) is 0 Å². The van der Waals surface area contributed by atoms with Crippen LogP contribution in [0, 0.1) is 12.8 Å². The molecule has 1 aliphatic carbocycles. The summed E-state index contributed by atoms with van der Waals surface area (Å²) in [5.41, 5.74) is 10.3. The predicted octanol–water partition coefficient (Wildman–Crippen LogP) is 3.81. The van der Waals surface area contributed by atoms with Gasteiger partial charge in [-0.15, -0.1) is 0 Å². The number of aliphatic hydroxyl groups excluding tert-OH is 1. The molecule has 3 atom stereocenters. The Balaban J connectivity index is 1.30. The number of fused-ring (bicyclic) bond motifs is 2. The molecule has 3 N–H and O–H groups in total. The molecular weight excluding hydrogens is 362 g/mol. The first-order valence-corrected chi connectivity index (χ1v) is 10.2. The van der Waals surface area contributed by atoms with Gasteiger partial charge in [0, 0.05) is 17.8 Å². The van der Waals surface area contributed by atoms with Crippen LogP contribution in [0.15, 0.2) is 49.1 Å². The van der Waals surface area contributed by atoms with E-state index in [0.717, 1.165) is 42.2 Å². The van der Waals surface area contributed by atoms with Crippen LogP contribution >= 0.6 is 0 Å². The van der Waals surface area contributed by atoms with Crippen molar-refractivity contribution in [3.8, 4) is 0 Å². The normalized spacial score (nSPS) is 21.9. The molecule has 5 rings (SSSR count). The average molecular weight is 387 g/mol. The monoisotopic (exact) mass is 387 g/mol. The molecule has 3 heterocycles. The zero-order valence-electron chi connectivity index (χ0n) is 16.5. The standard InChI is InChI=1S/C23H25N5O/c1-14-8-17-5-4-15(9-19(17)25-12-14)2-3-16-10-20(21(29)11-16)28-7-6-18-22(24)26-13-27-23(18)28/h4-9,12-13,16,20-21,29H,2-3,10-11H2,1H3,(H2,24,26,27). The molecule has 0 saturated heterocycles. The van der Waals surface area contributed by atoms with Crippen LogP contribution < -0.4 is 5.73 Å². The number of nitrogens with zero attached hydrogens (tertiary/aromatic N) is 4. The summed E-state index contributed by atoms with van der Waals surface area (Å²) in [5, 5.41) is 12.8. The van der Waals surface area contributed by atoms with Crippen molar-refractivity contribution in [2.24, 2.45) is 5.92 Å². The molecule has 148 valence electrons. The van der Waals surface area contributed by atoms with Crippen molar-refractivity contribution in [3.05, 3.63) is 60.2 Å². The molecule has 1 aromatic carbocycles. The summed E-state index contributed by atoms with van der Waals surface area (Å²) in [6.07, 6.45) is 8.83. The Morgan fingerprint density at radius 1 is 1.14 bits per heavy atom. The number of rotatable bonds is 4. The number of hydrogen-bond donors (Lipinski definition) is 2. The number of nitrogens with two attached hydrogens (primary N) is 1. The van der Waals surface area contributed by atoms with E-state index in [-0.39, 0.29) is 12.1 Å². The number of anilines is 1. The lowest BCUT2D eigenvalue weighted by atomic mass is 9.97. The largest absolute Gasteiger partial charge is 0.391 e. The summed E-state index contributed by atoms with van der Waals surface area (Å²) in [5.74, 6) is 0.964. The topological polar surface area (TPSA) is 89.9 Å².